The van der Waals surface area contributed by atoms with Gasteiger partial charge in [0.05, 0.1) is 11.0 Å². The monoisotopic (exact) mass is 193 g/mol. The van der Waals surface area contributed by atoms with E-state index in [1.54, 1.807) is 0 Å². The van der Waals surface area contributed by atoms with Gasteiger partial charge in [0.2, 0.25) is 5.95 Å². The van der Waals surface area contributed by atoms with E-state index < -0.39 is 5.24 Å². The molecule has 0 aliphatic carbocycles. The molecule has 1 aromatic carbocycles. The molecule has 0 saturated heterocycles. The van der Waals surface area contributed by atoms with Crippen LogP contribution in [0, 0.1) is 0 Å². The number of aromatic amines is 1. The van der Waals surface area contributed by atoms with Crippen molar-refractivity contribution in [2.75, 3.05) is 5.32 Å². The number of H-pyrrole nitrogens is 1. The van der Waals surface area contributed by atoms with Crippen molar-refractivity contribution in [1.29, 1.82) is 0 Å². The number of carbonyl (C=O) groups excluding carboxylic acids is 1. The van der Waals surface area contributed by atoms with Crippen LogP contribution in [-0.4, -0.2) is 15.2 Å². The molecule has 2 rings (SSSR count). The first-order valence-electron chi connectivity index (χ1n) is 3.70. The van der Waals surface area contributed by atoms with E-state index in [1.807, 2.05) is 24.3 Å². The summed E-state index contributed by atoms with van der Waals surface area (Å²) in [6.07, 6.45) is 0. The Kier molecular flexibility index (Phi) is 1.94. The molecule has 13 heavy (non-hydrogen) atoms. The number of imidazole rings is 1. The molecule has 0 unspecified atom stereocenters. The summed E-state index contributed by atoms with van der Waals surface area (Å²) in [5, 5.41) is 2.02. The molecule has 0 aliphatic heterocycles. The van der Waals surface area contributed by atoms with Gasteiger partial charge in [-0.15, -0.1) is 0 Å². The molecule has 0 aliphatic rings. The van der Waals surface area contributed by atoms with Gasteiger partial charge >= 0.3 is 0 Å². The minimum Gasteiger partial charge on any atom is -0.324 e. The van der Waals surface area contributed by atoms with Crippen molar-refractivity contribution in [2.45, 2.75) is 0 Å². The van der Waals surface area contributed by atoms with E-state index >= 15 is 0 Å². The Hall–Kier alpha value is -1.49. The van der Waals surface area contributed by atoms with Gasteiger partial charge in [0, 0.05) is 0 Å². The quantitative estimate of drug-likeness (QED) is 0.607. The summed E-state index contributed by atoms with van der Waals surface area (Å²) in [5.41, 5.74) is 1.71. The number of fused-ring (bicyclic) bond motifs is 1. The van der Waals surface area contributed by atoms with Gasteiger partial charge in [-0.25, -0.2) is 4.98 Å². The Balaban J connectivity index is 2.44. The molecule has 1 heterocycles. The lowest BCUT2D eigenvalue weighted by Gasteiger charge is -1.91. The number of rotatable bonds is 1. The van der Waals surface area contributed by atoms with Crippen molar-refractivity contribution >= 4 is 34.8 Å². The van der Waals surface area contributed by atoms with Gasteiger partial charge in [-0.05, 0) is 12.1 Å². The van der Waals surface area contributed by atoms with Crippen LogP contribution in [0.4, 0.5) is 10.7 Å². The van der Waals surface area contributed by atoms with Crippen LogP contribution in [0.2, 0.25) is 0 Å². The number of amides is 1. The van der Waals surface area contributed by atoms with Crippen LogP contribution in [0.25, 0.3) is 11.0 Å². The molecule has 0 fully saturated rings. The number of nitrogens with zero attached hydrogens (tertiary/aromatic N) is 1. The zero-order chi connectivity index (χ0) is 9.26. The van der Waals surface area contributed by atoms with E-state index in [9.17, 15) is 4.79 Å². The van der Waals surface area contributed by atoms with Crippen molar-refractivity contribution in [3.8, 4) is 0 Å². The Morgan fingerprint density at radius 2 is 2.23 bits per heavy atom. The maximum atomic E-state index is 10.6. The number of thiol groups is 1. The zero-order valence-electron chi connectivity index (χ0n) is 6.61. The van der Waals surface area contributed by atoms with Gasteiger partial charge in [0.1, 0.15) is 0 Å². The summed E-state index contributed by atoms with van der Waals surface area (Å²) in [6.45, 7) is 0. The van der Waals surface area contributed by atoms with E-state index in [1.165, 1.54) is 0 Å². The largest absolute Gasteiger partial charge is 0.324 e. The highest BCUT2D eigenvalue weighted by molar-refractivity contribution is 7.96. The lowest BCUT2D eigenvalue weighted by molar-refractivity contribution is 0.270. The molecule has 1 amide bonds. The molecule has 2 N–H and O–H groups in total. The fraction of sp³-hybridized carbons (Fsp3) is 0. The van der Waals surface area contributed by atoms with Gasteiger partial charge in [0.25, 0.3) is 5.24 Å². The molecule has 66 valence electrons. The Labute approximate surface area is 79.8 Å². The Morgan fingerprint density at radius 3 is 2.92 bits per heavy atom. The summed E-state index contributed by atoms with van der Waals surface area (Å²) in [4.78, 5) is 17.6. The first kappa shape index (κ1) is 8.12. The maximum Gasteiger partial charge on any atom is 0.282 e. The number of hydrogen-bond acceptors (Lipinski definition) is 2. The SMILES string of the molecule is O=C(S)Nc1nc2ccccc2[nH]1. The molecule has 4 nitrogen and oxygen atoms in total. The number of anilines is 1. The molecule has 1 aromatic heterocycles. The van der Waals surface area contributed by atoms with E-state index in [4.69, 9.17) is 0 Å². The number of nitrogens with one attached hydrogen (secondary N) is 2. The van der Waals surface area contributed by atoms with Crippen molar-refractivity contribution in [3.63, 3.8) is 0 Å². The summed E-state index contributed by atoms with van der Waals surface area (Å²) >= 11 is 3.58. The Bertz CT molecular complexity index is 418. The predicted molar refractivity (Wildman–Crippen MR) is 54.1 cm³/mol. The summed E-state index contributed by atoms with van der Waals surface area (Å²) in [5.74, 6) is 0.418. The standard InChI is InChI=1S/C8H7N3OS/c12-8(13)11-7-9-5-3-1-2-4-6(5)10-7/h1-4H,(H3,9,10,11,12,13). The summed E-state index contributed by atoms with van der Waals surface area (Å²) in [6, 6.07) is 7.53. The fourth-order valence-electron chi connectivity index (χ4n) is 1.11. The minimum atomic E-state index is -0.431. The smallest absolute Gasteiger partial charge is 0.282 e. The summed E-state index contributed by atoms with van der Waals surface area (Å²) in [7, 11) is 0. The van der Waals surface area contributed by atoms with Gasteiger partial charge in [-0.3, -0.25) is 10.1 Å². The number of benzene rings is 1. The van der Waals surface area contributed by atoms with Gasteiger partial charge in [0.15, 0.2) is 0 Å². The van der Waals surface area contributed by atoms with Crippen molar-refractivity contribution in [2.24, 2.45) is 0 Å². The second-order valence-electron chi connectivity index (χ2n) is 2.53. The third kappa shape index (κ3) is 1.65. The second kappa shape index (κ2) is 3.10. The molecule has 5 heteroatoms. The lowest BCUT2D eigenvalue weighted by Crippen LogP contribution is -2.02. The number of para-hydroxylation sites is 2. The van der Waals surface area contributed by atoms with Crippen LogP contribution in [-0.2, 0) is 0 Å². The van der Waals surface area contributed by atoms with Crippen LogP contribution in [0.5, 0.6) is 0 Å². The predicted octanol–water partition coefficient (Wildman–Crippen LogP) is 2.02. The van der Waals surface area contributed by atoms with Crippen LogP contribution >= 0.6 is 12.6 Å². The van der Waals surface area contributed by atoms with E-state index in [-0.39, 0.29) is 0 Å². The third-order valence-corrected chi connectivity index (χ3v) is 1.73. The molecular weight excluding hydrogens is 186 g/mol. The zero-order valence-corrected chi connectivity index (χ0v) is 7.51. The average molecular weight is 193 g/mol. The molecular formula is C8H7N3OS. The maximum absolute atomic E-state index is 10.6. The first-order chi connectivity index (χ1) is 6.25. The van der Waals surface area contributed by atoms with Crippen LogP contribution < -0.4 is 5.32 Å². The lowest BCUT2D eigenvalue weighted by atomic mass is 10.3. The van der Waals surface area contributed by atoms with Crippen LogP contribution in [0.3, 0.4) is 0 Å². The molecule has 0 radical (unpaired) electrons. The van der Waals surface area contributed by atoms with Gasteiger partial charge in [-0.2, -0.15) is 0 Å². The van der Waals surface area contributed by atoms with Crippen LogP contribution in [0.1, 0.15) is 0 Å². The minimum absolute atomic E-state index is 0.418. The van der Waals surface area contributed by atoms with E-state index in [0.29, 0.717) is 5.95 Å². The van der Waals surface area contributed by atoms with Crippen LogP contribution in [0.15, 0.2) is 24.3 Å². The third-order valence-electron chi connectivity index (χ3n) is 1.61. The highest BCUT2D eigenvalue weighted by Crippen LogP contribution is 2.13. The Morgan fingerprint density at radius 1 is 1.46 bits per heavy atom. The van der Waals surface area contributed by atoms with E-state index in [2.05, 4.69) is 27.9 Å². The molecule has 0 atom stereocenters. The molecule has 0 saturated carbocycles. The van der Waals surface area contributed by atoms with Gasteiger partial charge in [-0.1, -0.05) is 24.8 Å². The highest BCUT2D eigenvalue weighted by Gasteiger charge is 2.02. The van der Waals surface area contributed by atoms with Crippen molar-refractivity contribution in [3.05, 3.63) is 24.3 Å². The topological polar surface area (TPSA) is 57.8 Å². The number of hydrogen-bond donors (Lipinski definition) is 3. The number of aromatic nitrogens is 2. The van der Waals surface area contributed by atoms with E-state index in [0.717, 1.165) is 11.0 Å². The van der Waals surface area contributed by atoms with Crippen molar-refractivity contribution < 1.29 is 4.79 Å². The fourth-order valence-corrected chi connectivity index (χ4v) is 1.22. The normalized spacial score (nSPS) is 10.2. The number of carbonyl (C=O) groups is 1. The molecule has 0 spiro atoms. The summed E-state index contributed by atoms with van der Waals surface area (Å²) < 4.78 is 0. The molecule has 0 bridgehead atoms. The highest BCUT2D eigenvalue weighted by atomic mass is 32.1. The molecule has 2 aromatic rings. The van der Waals surface area contributed by atoms with Gasteiger partial charge < -0.3 is 4.98 Å². The average Bonchev–Trinajstić information content (AvgIpc) is 2.44. The first-order valence-corrected chi connectivity index (χ1v) is 4.15. The van der Waals surface area contributed by atoms with Crippen molar-refractivity contribution in [1.82, 2.24) is 9.97 Å². The second-order valence-corrected chi connectivity index (χ2v) is 2.94.